The third-order valence-corrected chi connectivity index (χ3v) is 4.88. The first-order valence-electron chi connectivity index (χ1n) is 12.1. The van der Waals surface area contributed by atoms with E-state index in [2.05, 4.69) is 0 Å². The van der Waals surface area contributed by atoms with Crippen LogP contribution in [0, 0.1) is 0 Å². The molecule has 35 heavy (non-hydrogen) atoms. The van der Waals surface area contributed by atoms with Crippen molar-refractivity contribution in [3.05, 3.63) is 35.4 Å². The second-order valence-electron chi connectivity index (χ2n) is 7.90. The fourth-order valence-corrected chi connectivity index (χ4v) is 3.14. The van der Waals surface area contributed by atoms with E-state index in [1.54, 1.807) is 24.3 Å². The molecule has 0 radical (unpaired) electrons. The maximum atomic E-state index is 12.2. The highest BCUT2D eigenvalue weighted by Gasteiger charge is 2.34. The molecule has 10 nitrogen and oxygen atoms in total. The van der Waals surface area contributed by atoms with Gasteiger partial charge in [-0.15, -0.1) is 0 Å². The lowest BCUT2D eigenvalue weighted by atomic mass is 10.1. The molecule has 1 heterocycles. The Kier molecular flexibility index (Phi) is 15.4. The molecule has 0 unspecified atom stereocenters. The minimum atomic E-state index is -0.271. The molecule has 1 aliphatic heterocycles. The van der Waals surface area contributed by atoms with Crippen LogP contribution in [0.15, 0.2) is 24.3 Å². The van der Waals surface area contributed by atoms with E-state index in [1.165, 1.54) is 4.90 Å². The van der Waals surface area contributed by atoms with Crippen LogP contribution < -0.4 is 0 Å². The molecule has 1 aliphatic rings. The van der Waals surface area contributed by atoms with Gasteiger partial charge >= 0.3 is 0 Å². The zero-order valence-electron chi connectivity index (χ0n) is 20.9. The summed E-state index contributed by atoms with van der Waals surface area (Å²) in [6, 6.07) is 6.83. The molecule has 10 heteroatoms. The van der Waals surface area contributed by atoms with E-state index >= 15 is 0 Å². The van der Waals surface area contributed by atoms with Gasteiger partial charge in [-0.3, -0.25) is 14.5 Å². The number of rotatable bonds is 22. The Bertz CT molecular complexity index is 694. The number of hydrogen-bond donors (Lipinski definition) is 0. The molecule has 1 aromatic rings. The van der Waals surface area contributed by atoms with E-state index in [4.69, 9.17) is 33.2 Å². The summed E-state index contributed by atoms with van der Waals surface area (Å²) in [6.45, 7) is 10.4. The van der Waals surface area contributed by atoms with Crippen LogP contribution in [0.3, 0.4) is 0 Å². The molecule has 0 N–H and O–H groups in total. The van der Waals surface area contributed by atoms with Gasteiger partial charge in [0.2, 0.25) is 0 Å². The Morgan fingerprint density at radius 3 is 1.29 bits per heavy atom. The molecule has 0 saturated heterocycles. The second-order valence-corrected chi connectivity index (χ2v) is 7.90. The Hall–Kier alpha value is -1.92. The van der Waals surface area contributed by atoms with Crippen LogP contribution in [0.4, 0.5) is 0 Å². The van der Waals surface area contributed by atoms with Crippen LogP contribution >= 0.6 is 0 Å². The van der Waals surface area contributed by atoms with Gasteiger partial charge in [0.1, 0.15) is 0 Å². The second kappa shape index (κ2) is 18.4. The lowest BCUT2D eigenvalue weighted by molar-refractivity contribution is -0.0239. The maximum absolute atomic E-state index is 12.2. The van der Waals surface area contributed by atoms with Crippen LogP contribution in [0.1, 0.15) is 34.6 Å². The third kappa shape index (κ3) is 12.0. The Morgan fingerprint density at radius 2 is 0.914 bits per heavy atom. The summed E-state index contributed by atoms with van der Waals surface area (Å²) in [5, 5.41) is 0. The fraction of sp³-hybridized carbons (Fsp3) is 0.680. The van der Waals surface area contributed by atoms with E-state index in [0.29, 0.717) is 90.4 Å². The molecule has 0 aliphatic carbocycles. The van der Waals surface area contributed by atoms with Crippen molar-refractivity contribution in [2.24, 2.45) is 0 Å². The van der Waals surface area contributed by atoms with Crippen LogP contribution in [-0.2, 0) is 33.2 Å². The van der Waals surface area contributed by atoms with Gasteiger partial charge in [0.15, 0.2) is 0 Å². The quantitative estimate of drug-likeness (QED) is 0.175. The average Bonchev–Trinajstić information content (AvgIpc) is 3.09. The van der Waals surface area contributed by atoms with E-state index < -0.39 is 0 Å². The zero-order chi connectivity index (χ0) is 25.1. The maximum Gasteiger partial charge on any atom is 0.261 e. The van der Waals surface area contributed by atoms with Gasteiger partial charge in [-0.25, -0.2) is 0 Å². The lowest BCUT2D eigenvalue weighted by Crippen LogP contribution is -2.33. The molecule has 1 aromatic carbocycles. The van der Waals surface area contributed by atoms with Crippen LogP contribution in [0.25, 0.3) is 0 Å². The molecule has 0 spiro atoms. The first kappa shape index (κ1) is 29.3. The standard InChI is InChI=1S/C25H39NO9/c1-21(2)35-20-19-34-18-17-33-16-15-32-14-13-31-12-11-30-10-9-29-8-7-26-24(27)22-5-3-4-6-23(22)25(26)28/h3-6,21H,7-20H2,1-2H3. The average molecular weight is 498 g/mol. The summed E-state index contributed by atoms with van der Waals surface area (Å²) in [5.74, 6) is -0.542. The van der Waals surface area contributed by atoms with Gasteiger partial charge in [0, 0.05) is 0 Å². The van der Waals surface area contributed by atoms with Crippen molar-refractivity contribution in [1.82, 2.24) is 4.90 Å². The van der Waals surface area contributed by atoms with Gasteiger partial charge in [0.05, 0.1) is 110 Å². The van der Waals surface area contributed by atoms with Crippen LogP contribution in [0.2, 0.25) is 0 Å². The van der Waals surface area contributed by atoms with E-state index in [1.807, 2.05) is 13.8 Å². The number of nitrogens with zero attached hydrogens (tertiary/aromatic N) is 1. The zero-order valence-corrected chi connectivity index (χ0v) is 20.9. The number of amides is 2. The topological polar surface area (TPSA) is 102 Å². The minimum Gasteiger partial charge on any atom is -0.377 e. The molecule has 2 amide bonds. The van der Waals surface area contributed by atoms with E-state index in [9.17, 15) is 9.59 Å². The summed E-state index contributed by atoms with van der Waals surface area (Å²) >= 11 is 0. The molecular weight excluding hydrogens is 458 g/mol. The molecule has 0 atom stereocenters. The number of benzene rings is 1. The van der Waals surface area contributed by atoms with Crippen molar-refractivity contribution in [3.8, 4) is 0 Å². The highest BCUT2D eigenvalue weighted by Crippen LogP contribution is 2.21. The van der Waals surface area contributed by atoms with Gasteiger partial charge < -0.3 is 33.2 Å². The van der Waals surface area contributed by atoms with E-state index in [0.717, 1.165) is 0 Å². The Labute approximate surface area is 207 Å². The molecule has 2 rings (SSSR count). The SMILES string of the molecule is CC(C)OCCOCCOCCOCCOCCOCCOCCN1C(=O)c2ccccc2C1=O. The van der Waals surface area contributed by atoms with Crippen molar-refractivity contribution in [3.63, 3.8) is 0 Å². The van der Waals surface area contributed by atoms with Crippen LogP contribution in [0.5, 0.6) is 0 Å². The highest BCUT2D eigenvalue weighted by atomic mass is 16.6. The molecule has 0 saturated carbocycles. The summed E-state index contributed by atoms with van der Waals surface area (Å²) in [5.41, 5.74) is 0.897. The normalized spacial score (nSPS) is 13.3. The van der Waals surface area contributed by atoms with Crippen molar-refractivity contribution in [1.29, 1.82) is 0 Å². The van der Waals surface area contributed by atoms with Gasteiger partial charge in [-0.2, -0.15) is 0 Å². The Morgan fingerprint density at radius 1 is 0.571 bits per heavy atom. The number of carbonyl (C=O) groups is 2. The molecule has 0 bridgehead atoms. The van der Waals surface area contributed by atoms with Gasteiger partial charge in [-0.05, 0) is 26.0 Å². The number of carbonyl (C=O) groups excluding carboxylic acids is 2. The predicted octanol–water partition coefficient (Wildman–Crippen LogP) is 1.81. The first-order valence-corrected chi connectivity index (χ1v) is 12.1. The molecular formula is C25H39NO9. The monoisotopic (exact) mass is 497 g/mol. The van der Waals surface area contributed by atoms with Crippen molar-refractivity contribution in [2.75, 3.05) is 92.4 Å². The van der Waals surface area contributed by atoms with Crippen molar-refractivity contribution >= 4 is 11.8 Å². The highest BCUT2D eigenvalue weighted by molar-refractivity contribution is 6.21. The third-order valence-electron chi connectivity index (χ3n) is 4.88. The first-order chi connectivity index (χ1) is 17.1. The van der Waals surface area contributed by atoms with Crippen LogP contribution in [-0.4, -0.2) is 115 Å². The smallest absolute Gasteiger partial charge is 0.261 e. The van der Waals surface area contributed by atoms with Gasteiger partial charge in [-0.1, -0.05) is 12.1 Å². The number of imide groups is 1. The van der Waals surface area contributed by atoms with Crippen molar-refractivity contribution in [2.45, 2.75) is 20.0 Å². The van der Waals surface area contributed by atoms with E-state index in [-0.39, 0.29) is 31.1 Å². The molecule has 0 fully saturated rings. The van der Waals surface area contributed by atoms with Gasteiger partial charge in [0.25, 0.3) is 11.8 Å². The Balaban J connectivity index is 1.28. The summed E-state index contributed by atoms with van der Waals surface area (Å²) in [7, 11) is 0. The summed E-state index contributed by atoms with van der Waals surface area (Å²) in [4.78, 5) is 25.7. The lowest BCUT2D eigenvalue weighted by Gasteiger charge is -2.13. The predicted molar refractivity (Wildman–Crippen MR) is 128 cm³/mol. The van der Waals surface area contributed by atoms with Crippen molar-refractivity contribution < 1.29 is 42.7 Å². The minimum absolute atomic E-state index is 0.224. The molecule has 0 aromatic heterocycles. The summed E-state index contributed by atoms with van der Waals surface area (Å²) < 4.78 is 38.0. The molecule has 198 valence electrons. The number of fused-ring (bicyclic) bond motifs is 1. The fourth-order valence-electron chi connectivity index (χ4n) is 3.14. The number of hydrogen-bond acceptors (Lipinski definition) is 9. The summed E-state index contributed by atoms with van der Waals surface area (Å²) in [6.07, 6.45) is 0.225. The number of ether oxygens (including phenoxy) is 7. The largest absolute Gasteiger partial charge is 0.377 e.